The molecule has 0 fully saturated rings. The van der Waals surface area contributed by atoms with E-state index in [-0.39, 0.29) is 30.3 Å². The highest BCUT2D eigenvalue weighted by Crippen LogP contribution is 2.22. The van der Waals surface area contributed by atoms with Crippen molar-refractivity contribution in [2.75, 3.05) is 0 Å². The summed E-state index contributed by atoms with van der Waals surface area (Å²) in [7, 11) is 0. The lowest BCUT2D eigenvalue weighted by Crippen LogP contribution is -2.24. The van der Waals surface area contributed by atoms with Crippen LogP contribution in [-0.4, -0.2) is 30.1 Å². The summed E-state index contributed by atoms with van der Waals surface area (Å²) >= 11 is 1.15. The Labute approximate surface area is 168 Å². The summed E-state index contributed by atoms with van der Waals surface area (Å²) in [5.74, 6) is -0.411. The predicted molar refractivity (Wildman–Crippen MR) is 103 cm³/mol. The van der Waals surface area contributed by atoms with E-state index in [1.54, 1.807) is 19.1 Å². The first-order valence-electron chi connectivity index (χ1n) is 8.78. The molecule has 4 rings (SSSR count). The van der Waals surface area contributed by atoms with Crippen molar-refractivity contribution in [2.45, 2.75) is 26.3 Å². The zero-order valence-electron chi connectivity index (χ0n) is 15.4. The Bertz CT molecular complexity index is 1190. The standard InChI is InChI=1S/C19H16FN5O3S/c1-12-17(16(26)7-6-15-9-28-11-21-15)29-18(23-12)24-10-22-25(19(24)27)8-13-2-4-14(20)5-3-13/h2-5,9-11H,6-8H2,1H3. The number of hydrogen-bond donors (Lipinski definition) is 0. The fourth-order valence-corrected chi connectivity index (χ4v) is 3.80. The van der Waals surface area contributed by atoms with Gasteiger partial charge in [0.15, 0.2) is 17.3 Å². The molecule has 3 aromatic heterocycles. The van der Waals surface area contributed by atoms with Crippen LogP contribution in [0.25, 0.3) is 5.13 Å². The molecule has 8 nitrogen and oxygen atoms in total. The van der Waals surface area contributed by atoms with E-state index < -0.39 is 0 Å². The normalized spacial score (nSPS) is 11.1. The summed E-state index contributed by atoms with van der Waals surface area (Å²) in [6.07, 6.45) is 4.94. The number of benzene rings is 1. The molecule has 10 heteroatoms. The van der Waals surface area contributed by atoms with Crippen LogP contribution in [0.2, 0.25) is 0 Å². The fraction of sp³-hybridized carbons (Fsp3) is 0.211. The minimum Gasteiger partial charge on any atom is -0.451 e. The van der Waals surface area contributed by atoms with Crippen molar-refractivity contribution < 1.29 is 13.6 Å². The van der Waals surface area contributed by atoms with E-state index >= 15 is 0 Å². The average Bonchev–Trinajstić information content (AvgIpc) is 3.43. The largest absolute Gasteiger partial charge is 0.451 e. The number of aromatic nitrogens is 5. The Hall–Kier alpha value is -3.40. The van der Waals surface area contributed by atoms with Crippen molar-refractivity contribution >= 4 is 17.1 Å². The molecule has 148 valence electrons. The highest BCUT2D eigenvalue weighted by atomic mass is 32.1. The molecule has 0 bridgehead atoms. The lowest BCUT2D eigenvalue weighted by Gasteiger charge is -2.00. The van der Waals surface area contributed by atoms with E-state index in [2.05, 4.69) is 15.1 Å². The maximum Gasteiger partial charge on any atom is 0.352 e. The summed E-state index contributed by atoms with van der Waals surface area (Å²) < 4.78 is 20.5. The predicted octanol–water partition coefficient (Wildman–Crippen LogP) is 2.79. The van der Waals surface area contributed by atoms with Crippen molar-refractivity contribution in [1.29, 1.82) is 0 Å². The SMILES string of the molecule is Cc1nc(-n2cnn(Cc3ccc(F)cc3)c2=O)sc1C(=O)CCc1cocn1. The lowest BCUT2D eigenvalue weighted by atomic mass is 10.1. The molecule has 0 aliphatic carbocycles. The Morgan fingerprint density at radius 3 is 2.79 bits per heavy atom. The topological polar surface area (TPSA) is 95.8 Å². The smallest absolute Gasteiger partial charge is 0.352 e. The number of Topliss-reactive ketones (excluding diaryl/α,β-unsaturated/α-hetero) is 1. The second kappa shape index (κ2) is 7.92. The van der Waals surface area contributed by atoms with Crippen molar-refractivity contribution in [1.82, 2.24) is 24.3 Å². The van der Waals surface area contributed by atoms with Crippen LogP contribution >= 0.6 is 11.3 Å². The molecular formula is C19H16FN5O3S. The van der Waals surface area contributed by atoms with E-state index in [1.165, 1.54) is 40.4 Å². The van der Waals surface area contributed by atoms with E-state index in [4.69, 9.17) is 4.42 Å². The second-order valence-electron chi connectivity index (χ2n) is 6.38. The van der Waals surface area contributed by atoms with Gasteiger partial charge in [-0.25, -0.2) is 28.4 Å². The summed E-state index contributed by atoms with van der Waals surface area (Å²) in [5, 5.41) is 4.48. The molecule has 0 saturated carbocycles. The molecule has 0 unspecified atom stereocenters. The summed E-state index contributed by atoms with van der Waals surface area (Å²) in [6, 6.07) is 5.86. The quantitative estimate of drug-likeness (QED) is 0.432. The molecule has 0 aliphatic rings. The van der Waals surface area contributed by atoms with Crippen LogP contribution in [0.5, 0.6) is 0 Å². The third-order valence-corrected chi connectivity index (χ3v) is 5.51. The van der Waals surface area contributed by atoms with Gasteiger partial charge in [0.25, 0.3) is 0 Å². The molecule has 0 spiro atoms. The molecule has 0 N–H and O–H groups in total. The van der Waals surface area contributed by atoms with E-state index in [1.807, 2.05) is 0 Å². The number of thiazole rings is 1. The molecule has 0 atom stereocenters. The Kier molecular flexibility index (Phi) is 5.17. The van der Waals surface area contributed by atoms with Gasteiger partial charge in [-0.1, -0.05) is 23.5 Å². The van der Waals surface area contributed by atoms with Gasteiger partial charge in [0, 0.05) is 12.8 Å². The summed E-state index contributed by atoms with van der Waals surface area (Å²) in [6.45, 7) is 1.94. The van der Waals surface area contributed by atoms with Gasteiger partial charge in [0.2, 0.25) is 0 Å². The summed E-state index contributed by atoms with van der Waals surface area (Å²) in [4.78, 5) is 34.1. The van der Waals surface area contributed by atoms with Gasteiger partial charge in [-0.05, 0) is 24.6 Å². The lowest BCUT2D eigenvalue weighted by molar-refractivity contribution is 0.0985. The number of oxazole rings is 1. The number of aryl methyl sites for hydroxylation is 2. The molecule has 0 aliphatic heterocycles. The Balaban J connectivity index is 1.52. The third kappa shape index (κ3) is 4.06. The van der Waals surface area contributed by atoms with Gasteiger partial charge in [-0.2, -0.15) is 5.10 Å². The first kappa shape index (κ1) is 18.9. The van der Waals surface area contributed by atoms with Crippen LogP contribution in [0, 0.1) is 12.7 Å². The van der Waals surface area contributed by atoms with E-state index in [9.17, 15) is 14.0 Å². The first-order chi connectivity index (χ1) is 14.0. The minimum absolute atomic E-state index is 0.0685. The molecule has 1 aromatic carbocycles. The van der Waals surface area contributed by atoms with E-state index in [0.29, 0.717) is 27.8 Å². The molecule has 3 heterocycles. The van der Waals surface area contributed by atoms with Crippen molar-refractivity contribution in [2.24, 2.45) is 0 Å². The monoisotopic (exact) mass is 413 g/mol. The van der Waals surface area contributed by atoms with Crippen molar-refractivity contribution in [3.05, 3.63) is 81.4 Å². The van der Waals surface area contributed by atoms with Gasteiger partial charge in [0.05, 0.1) is 22.8 Å². The maximum absolute atomic E-state index is 13.0. The fourth-order valence-electron chi connectivity index (χ4n) is 2.80. The molecule has 0 radical (unpaired) electrons. The number of hydrogen-bond acceptors (Lipinski definition) is 7. The molecular weight excluding hydrogens is 397 g/mol. The minimum atomic E-state index is -0.385. The van der Waals surface area contributed by atoms with Gasteiger partial charge < -0.3 is 4.42 Å². The van der Waals surface area contributed by atoms with Crippen LogP contribution < -0.4 is 5.69 Å². The highest BCUT2D eigenvalue weighted by Gasteiger charge is 2.18. The van der Waals surface area contributed by atoms with E-state index in [0.717, 1.165) is 16.9 Å². The van der Waals surface area contributed by atoms with Crippen LogP contribution in [0.3, 0.4) is 0 Å². The van der Waals surface area contributed by atoms with Gasteiger partial charge in [0.1, 0.15) is 18.4 Å². The average molecular weight is 413 g/mol. The van der Waals surface area contributed by atoms with Crippen LogP contribution in [0.4, 0.5) is 4.39 Å². The Morgan fingerprint density at radius 2 is 2.07 bits per heavy atom. The second-order valence-corrected chi connectivity index (χ2v) is 7.36. The number of rotatable bonds is 7. The first-order valence-corrected chi connectivity index (χ1v) is 9.60. The van der Waals surface area contributed by atoms with Crippen LogP contribution in [-0.2, 0) is 13.0 Å². The van der Waals surface area contributed by atoms with Gasteiger partial charge >= 0.3 is 5.69 Å². The van der Waals surface area contributed by atoms with Gasteiger partial charge in [-0.3, -0.25) is 4.79 Å². The van der Waals surface area contributed by atoms with Crippen LogP contribution in [0.15, 0.2) is 52.5 Å². The highest BCUT2D eigenvalue weighted by molar-refractivity contribution is 7.16. The molecule has 0 saturated heterocycles. The Morgan fingerprint density at radius 1 is 1.28 bits per heavy atom. The van der Waals surface area contributed by atoms with Crippen molar-refractivity contribution in [3.8, 4) is 5.13 Å². The summed E-state index contributed by atoms with van der Waals surface area (Å²) in [5.41, 5.74) is 1.63. The van der Waals surface area contributed by atoms with Gasteiger partial charge in [-0.15, -0.1) is 0 Å². The molecule has 0 amide bonds. The molecule has 4 aromatic rings. The number of ketones is 1. The number of nitrogens with zero attached hydrogens (tertiary/aromatic N) is 5. The number of carbonyl (C=O) groups excluding carboxylic acids is 1. The van der Waals surface area contributed by atoms with Crippen LogP contribution in [0.1, 0.15) is 33.0 Å². The third-order valence-electron chi connectivity index (χ3n) is 4.32. The number of carbonyl (C=O) groups is 1. The molecule has 29 heavy (non-hydrogen) atoms. The maximum atomic E-state index is 13.0. The van der Waals surface area contributed by atoms with Crippen molar-refractivity contribution in [3.63, 3.8) is 0 Å². The zero-order chi connectivity index (χ0) is 20.4. The zero-order valence-corrected chi connectivity index (χ0v) is 16.2. The number of halogens is 1.